The number of hydrogen-bond donors (Lipinski definition) is 3. The lowest BCUT2D eigenvalue weighted by Gasteiger charge is -2.55. The average Bonchev–Trinajstić information content (AvgIpc) is 3.20. The monoisotopic (exact) mass is 448 g/mol. The number of ketones is 2. The normalized spacial score (nSPS) is 42.2. The molecule has 0 spiro atoms. The summed E-state index contributed by atoms with van der Waals surface area (Å²) in [4.78, 5) is 38.7. The lowest BCUT2D eigenvalue weighted by molar-refractivity contribution is -0.228. The zero-order chi connectivity index (χ0) is 24.2. The smallest absolute Gasteiger partial charge is 0.333 e. The van der Waals surface area contributed by atoms with E-state index in [0.717, 1.165) is 6.42 Å². The van der Waals surface area contributed by atoms with Gasteiger partial charge in [0.05, 0.1) is 0 Å². The van der Waals surface area contributed by atoms with Crippen molar-refractivity contribution in [1.29, 1.82) is 0 Å². The molecular weight excluding hydrogens is 412 g/mol. The predicted molar refractivity (Wildman–Crippen MR) is 117 cm³/mol. The number of rotatable bonds is 6. The number of fused-ring (bicyclic) bond motifs is 1. The van der Waals surface area contributed by atoms with Gasteiger partial charge in [0.1, 0.15) is 0 Å². The molecule has 178 valence electrons. The van der Waals surface area contributed by atoms with Gasteiger partial charge in [-0.1, -0.05) is 26.3 Å². The van der Waals surface area contributed by atoms with Gasteiger partial charge in [0.15, 0.2) is 22.8 Å². The number of Topliss-reactive ketones (excluding diaryl/α,β-unsaturated/α-hetero) is 1. The van der Waals surface area contributed by atoms with Gasteiger partial charge in [0.2, 0.25) is 5.79 Å². The van der Waals surface area contributed by atoms with Crippen LogP contribution in [0.5, 0.6) is 0 Å². The van der Waals surface area contributed by atoms with Crippen molar-refractivity contribution in [1.82, 2.24) is 0 Å². The SMILES string of the molecule is CC(C)=CC(=O)[C@@]1(O)[C@@H](C)[C@@H]2CC[C@H](C)[C@H]2C(=O)[C@]1(O)[C@H](C)CC[C@]1(O)OC(=O)C=C1C. The second kappa shape index (κ2) is 8.19. The van der Waals surface area contributed by atoms with Crippen LogP contribution in [0.15, 0.2) is 23.3 Å². The van der Waals surface area contributed by atoms with Crippen LogP contribution in [0.2, 0.25) is 0 Å². The molecule has 0 amide bonds. The summed E-state index contributed by atoms with van der Waals surface area (Å²) in [5, 5.41) is 34.6. The number of hydrogen-bond acceptors (Lipinski definition) is 7. The van der Waals surface area contributed by atoms with E-state index in [1.165, 1.54) is 12.2 Å². The van der Waals surface area contributed by atoms with Gasteiger partial charge in [-0.2, -0.15) is 0 Å². The lowest BCUT2D eigenvalue weighted by Crippen LogP contribution is -2.75. The van der Waals surface area contributed by atoms with Crippen molar-refractivity contribution in [3.05, 3.63) is 23.3 Å². The van der Waals surface area contributed by atoms with Crippen LogP contribution < -0.4 is 0 Å². The zero-order valence-electron chi connectivity index (χ0n) is 19.8. The van der Waals surface area contributed by atoms with Gasteiger partial charge in [-0.05, 0) is 69.8 Å². The van der Waals surface area contributed by atoms with Crippen molar-refractivity contribution in [2.24, 2.45) is 29.6 Å². The largest absolute Gasteiger partial charge is 0.426 e. The molecule has 2 aliphatic carbocycles. The molecule has 3 rings (SSSR count). The second-order valence-corrected chi connectivity index (χ2v) is 10.5. The van der Waals surface area contributed by atoms with Crippen molar-refractivity contribution < 1.29 is 34.4 Å². The molecule has 7 nitrogen and oxygen atoms in total. The highest BCUT2D eigenvalue weighted by atomic mass is 16.7. The second-order valence-electron chi connectivity index (χ2n) is 10.5. The minimum absolute atomic E-state index is 0.0435. The molecule has 2 fully saturated rings. The van der Waals surface area contributed by atoms with Crippen LogP contribution >= 0.6 is 0 Å². The van der Waals surface area contributed by atoms with Crippen molar-refractivity contribution in [3.63, 3.8) is 0 Å². The Hall–Kier alpha value is -1.83. The molecule has 0 aromatic rings. The van der Waals surface area contributed by atoms with Crippen molar-refractivity contribution >= 4 is 17.5 Å². The first-order chi connectivity index (χ1) is 14.7. The Labute approximate surface area is 189 Å². The molecule has 0 saturated heterocycles. The van der Waals surface area contributed by atoms with Gasteiger partial charge in [-0.3, -0.25) is 9.59 Å². The van der Waals surface area contributed by atoms with Gasteiger partial charge in [-0.25, -0.2) is 4.79 Å². The molecule has 8 atom stereocenters. The fourth-order valence-electron chi connectivity index (χ4n) is 6.19. The maximum atomic E-state index is 13.8. The van der Waals surface area contributed by atoms with E-state index in [9.17, 15) is 29.7 Å². The molecule has 0 aromatic heterocycles. The van der Waals surface area contributed by atoms with Crippen LogP contribution in [0.3, 0.4) is 0 Å². The van der Waals surface area contributed by atoms with Crippen LogP contribution in [0.25, 0.3) is 0 Å². The summed E-state index contributed by atoms with van der Waals surface area (Å²) in [5.74, 6) is -5.73. The summed E-state index contributed by atoms with van der Waals surface area (Å²) in [6.45, 7) is 10.3. The van der Waals surface area contributed by atoms with E-state index in [0.29, 0.717) is 17.6 Å². The topological polar surface area (TPSA) is 121 Å². The van der Waals surface area contributed by atoms with E-state index in [-0.39, 0.29) is 24.7 Å². The van der Waals surface area contributed by atoms with E-state index in [1.807, 2.05) is 6.92 Å². The first-order valence-electron chi connectivity index (χ1n) is 11.5. The minimum atomic E-state index is -2.33. The van der Waals surface area contributed by atoms with E-state index in [4.69, 9.17) is 4.74 Å². The standard InChI is InChI=1S/C25H36O7/c1-13(2)11-19(26)25(31)17(6)18-8-7-14(3)21(18)22(28)24(25,30)15(4)9-10-23(29)16(5)12-20(27)32-23/h11-12,14-15,17-18,21,29-31H,7-10H2,1-6H3/t14-,15+,17-,18-,21+,23-,24+,25-/m0/s1. The Balaban J connectivity index is 2.02. The van der Waals surface area contributed by atoms with Crippen molar-refractivity contribution in [3.8, 4) is 0 Å². The molecule has 1 aliphatic heterocycles. The molecule has 0 aromatic carbocycles. The molecule has 3 N–H and O–H groups in total. The van der Waals surface area contributed by atoms with Crippen LogP contribution in [0.1, 0.15) is 67.2 Å². The van der Waals surface area contributed by atoms with Crippen LogP contribution in [-0.2, 0) is 19.1 Å². The number of allylic oxidation sites excluding steroid dienone is 1. The Morgan fingerprint density at radius 3 is 2.38 bits per heavy atom. The third kappa shape index (κ3) is 3.49. The lowest BCUT2D eigenvalue weighted by atomic mass is 9.52. The molecule has 1 heterocycles. The highest BCUT2D eigenvalue weighted by Crippen LogP contribution is 2.56. The molecule has 0 bridgehead atoms. The van der Waals surface area contributed by atoms with E-state index < -0.39 is 52.3 Å². The summed E-state index contributed by atoms with van der Waals surface area (Å²) in [6, 6.07) is 0. The number of carbonyl (C=O) groups is 3. The number of cyclic esters (lactones) is 1. The van der Waals surface area contributed by atoms with Gasteiger partial charge < -0.3 is 20.1 Å². The number of aliphatic hydroxyl groups is 3. The maximum Gasteiger partial charge on any atom is 0.333 e. The molecular formula is C25H36O7. The predicted octanol–water partition coefficient (Wildman–Crippen LogP) is 2.47. The van der Waals surface area contributed by atoms with Gasteiger partial charge in [0.25, 0.3) is 0 Å². The zero-order valence-corrected chi connectivity index (χ0v) is 19.8. The molecule has 7 heteroatoms. The Kier molecular flexibility index (Phi) is 6.35. The van der Waals surface area contributed by atoms with Gasteiger partial charge in [-0.15, -0.1) is 0 Å². The molecule has 0 radical (unpaired) electrons. The van der Waals surface area contributed by atoms with Gasteiger partial charge in [0, 0.05) is 24.0 Å². The summed E-state index contributed by atoms with van der Waals surface area (Å²) >= 11 is 0. The quantitative estimate of drug-likeness (QED) is 0.422. The highest BCUT2D eigenvalue weighted by Gasteiger charge is 2.71. The van der Waals surface area contributed by atoms with Crippen LogP contribution in [0, 0.1) is 29.6 Å². The molecule has 2 saturated carbocycles. The van der Waals surface area contributed by atoms with Crippen molar-refractivity contribution in [2.45, 2.75) is 84.2 Å². The third-order valence-corrected chi connectivity index (χ3v) is 8.24. The molecule has 3 aliphatic rings. The Morgan fingerprint density at radius 2 is 1.84 bits per heavy atom. The maximum absolute atomic E-state index is 13.8. The van der Waals surface area contributed by atoms with E-state index in [1.54, 1.807) is 34.6 Å². The summed E-state index contributed by atoms with van der Waals surface area (Å²) in [5.41, 5.74) is -3.61. The first kappa shape index (κ1) is 24.8. The van der Waals surface area contributed by atoms with E-state index in [2.05, 4.69) is 0 Å². The number of esters is 1. The average molecular weight is 449 g/mol. The summed E-state index contributed by atoms with van der Waals surface area (Å²) in [7, 11) is 0. The van der Waals surface area contributed by atoms with E-state index >= 15 is 0 Å². The summed E-state index contributed by atoms with van der Waals surface area (Å²) in [6.07, 6.45) is 3.99. The first-order valence-corrected chi connectivity index (χ1v) is 11.5. The van der Waals surface area contributed by atoms with Crippen molar-refractivity contribution in [2.75, 3.05) is 0 Å². The highest BCUT2D eigenvalue weighted by molar-refractivity contribution is 6.06. The number of ether oxygens (including phenoxy) is 1. The van der Waals surface area contributed by atoms with Crippen LogP contribution in [0.4, 0.5) is 0 Å². The Bertz CT molecular complexity index is 885. The van der Waals surface area contributed by atoms with Crippen LogP contribution in [-0.4, -0.2) is 49.8 Å². The fourth-order valence-corrected chi connectivity index (χ4v) is 6.19. The molecule has 32 heavy (non-hydrogen) atoms. The minimum Gasteiger partial charge on any atom is -0.426 e. The third-order valence-electron chi connectivity index (χ3n) is 8.24. The Morgan fingerprint density at radius 1 is 1.22 bits per heavy atom. The molecule has 0 unspecified atom stereocenters. The summed E-state index contributed by atoms with van der Waals surface area (Å²) < 4.78 is 5.04. The fraction of sp³-hybridized carbons (Fsp3) is 0.720. The number of carbonyl (C=O) groups excluding carboxylic acids is 3. The van der Waals surface area contributed by atoms with Gasteiger partial charge >= 0.3 is 5.97 Å².